The molecule has 1 aromatic rings. The molecule has 0 aliphatic heterocycles. The summed E-state index contributed by atoms with van der Waals surface area (Å²) < 4.78 is 1.92. The van der Waals surface area contributed by atoms with E-state index in [9.17, 15) is 4.79 Å². The van der Waals surface area contributed by atoms with E-state index in [2.05, 4.69) is 4.98 Å². The Morgan fingerprint density at radius 3 is 3.10 bits per heavy atom. The van der Waals surface area contributed by atoms with Crippen LogP contribution in [-0.4, -0.2) is 15.8 Å². The van der Waals surface area contributed by atoms with E-state index in [1.54, 1.807) is 6.20 Å². The monoisotopic (exact) mass is 138 g/mol. The van der Waals surface area contributed by atoms with Crippen molar-refractivity contribution in [2.75, 3.05) is 0 Å². The zero-order valence-corrected chi connectivity index (χ0v) is 5.95. The first-order valence-corrected chi connectivity index (χ1v) is 3.24. The van der Waals surface area contributed by atoms with Crippen LogP contribution in [0.15, 0.2) is 12.4 Å². The van der Waals surface area contributed by atoms with Gasteiger partial charge >= 0.3 is 0 Å². The number of hydrogen-bond donors (Lipinski definition) is 0. The molecule has 0 atom stereocenters. The SMILES string of the molecule is Cn1ccnc1CCC=O. The second-order valence-electron chi connectivity index (χ2n) is 2.16. The lowest BCUT2D eigenvalue weighted by Crippen LogP contribution is -1.96. The molecule has 1 aromatic heterocycles. The number of nitrogens with zero attached hydrogens (tertiary/aromatic N) is 2. The van der Waals surface area contributed by atoms with Gasteiger partial charge in [-0.2, -0.15) is 0 Å². The largest absolute Gasteiger partial charge is 0.338 e. The molecule has 0 saturated heterocycles. The quantitative estimate of drug-likeness (QED) is 0.572. The molecule has 0 aromatic carbocycles. The van der Waals surface area contributed by atoms with Crippen LogP contribution in [0.3, 0.4) is 0 Å². The van der Waals surface area contributed by atoms with Crippen molar-refractivity contribution in [2.45, 2.75) is 12.8 Å². The molecule has 3 nitrogen and oxygen atoms in total. The van der Waals surface area contributed by atoms with Gasteiger partial charge in [0.15, 0.2) is 0 Å². The van der Waals surface area contributed by atoms with Gasteiger partial charge in [-0.3, -0.25) is 0 Å². The average Bonchev–Trinajstić information content (AvgIpc) is 2.31. The second kappa shape index (κ2) is 3.15. The van der Waals surface area contributed by atoms with E-state index >= 15 is 0 Å². The predicted molar refractivity (Wildman–Crippen MR) is 37.6 cm³/mol. The Balaban J connectivity index is 2.56. The van der Waals surface area contributed by atoms with Gasteiger partial charge in [0.1, 0.15) is 12.1 Å². The van der Waals surface area contributed by atoms with Gasteiger partial charge in [-0.05, 0) is 0 Å². The fraction of sp³-hybridized carbons (Fsp3) is 0.429. The fourth-order valence-electron chi connectivity index (χ4n) is 0.825. The molecule has 0 aliphatic rings. The zero-order valence-electron chi connectivity index (χ0n) is 5.95. The lowest BCUT2D eigenvalue weighted by atomic mass is 10.3. The van der Waals surface area contributed by atoms with Crippen LogP contribution in [0.1, 0.15) is 12.2 Å². The molecular weight excluding hydrogens is 128 g/mol. The molecule has 0 spiro atoms. The Morgan fingerprint density at radius 1 is 1.80 bits per heavy atom. The van der Waals surface area contributed by atoms with Gasteiger partial charge in [0.05, 0.1) is 0 Å². The molecule has 1 heterocycles. The minimum Gasteiger partial charge on any atom is -0.338 e. The van der Waals surface area contributed by atoms with Crippen molar-refractivity contribution < 1.29 is 4.79 Å². The second-order valence-corrected chi connectivity index (χ2v) is 2.16. The highest BCUT2D eigenvalue weighted by Crippen LogP contribution is 1.96. The fourth-order valence-corrected chi connectivity index (χ4v) is 0.825. The molecule has 1 rings (SSSR count). The number of carbonyl (C=O) groups is 1. The molecule has 0 aliphatic carbocycles. The number of hydrogen-bond acceptors (Lipinski definition) is 2. The molecular formula is C7H10N2O. The van der Waals surface area contributed by atoms with E-state index in [0.29, 0.717) is 6.42 Å². The van der Waals surface area contributed by atoms with Crippen LogP contribution < -0.4 is 0 Å². The van der Waals surface area contributed by atoms with Gasteiger partial charge < -0.3 is 9.36 Å². The topological polar surface area (TPSA) is 34.9 Å². The molecule has 0 fully saturated rings. The van der Waals surface area contributed by atoms with E-state index in [1.165, 1.54) is 0 Å². The molecule has 3 heteroatoms. The summed E-state index contributed by atoms with van der Waals surface area (Å²) in [6.07, 6.45) is 5.83. The Labute approximate surface area is 59.7 Å². The maximum Gasteiger partial charge on any atom is 0.120 e. The van der Waals surface area contributed by atoms with Gasteiger partial charge in [-0.15, -0.1) is 0 Å². The van der Waals surface area contributed by atoms with Crippen LogP contribution in [0.4, 0.5) is 0 Å². The third-order valence-corrected chi connectivity index (χ3v) is 1.41. The lowest BCUT2D eigenvalue weighted by molar-refractivity contribution is -0.107. The van der Waals surface area contributed by atoms with Crippen molar-refractivity contribution >= 4 is 6.29 Å². The molecule has 10 heavy (non-hydrogen) atoms. The first-order chi connectivity index (χ1) is 4.84. The van der Waals surface area contributed by atoms with E-state index in [1.807, 2.05) is 17.8 Å². The molecule has 0 N–H and O–H groups in total. The maximum atomic E-state index is 9.97. The summed E-state index contributed by atoms with van der Waals surface area (Å²) in [5, 5.41) is 0. The maximum absolute atomic E-state index is 9.97. The van der Waals surface area contributed by atoms with Gasteiger partial charge in [0.2, 0.25) is 0 Å². The summed E-state index contributed by atoms with van der Waals surface area (Å²) >= 11 is 0. The van der Waals surface area contributed by atoms with Gasteiger partial charge in [0, 0.05) is 32.3 Å². The highest BCUT2D eigenvalue weighted by molar-refractivity contribution is 5.49. The third-order valence-electron chi connectivity index (χ3n) is 1.41. The normalized spacial score (nSPS) is 9.70. The van der Waals surface area contributed by atoms with E-state index in [0.717, 1.165) is 18.5 Å². The first-order valence-electron chi connectivity index (χ1n) is 3.24. The standard InChI is InChI=1S/C7H10N2O/c1-9-5-4-8-7(9)3-2-6-10/h4-6H,2-3H2,1H3. The summed E-state index contributed by atoms with van der Waals surface area (Å²) in [7, 11) is 1.92. The molecule has 0 amide bonds. The van der Waals surface area contributed by atoms with Gasteiger partial charge in [-0.1, -0.05) is 0 Å². The Kier molecular flexibility index (Phi) is 2.20. The number of aryl methyl sites for hydroxylation is 2. The van der Waals surface area contributed by atoms with Crippen LogP contribution >= 0.6 is 0 Å². The summed E-state index contributed by atoms with van der Waals surface area (Å²) in [6.45, 7) is 0. The van der Waals surface area contributed by atoms with Crippen LogP contribution in [0.5, 0.6) is 0 Å². The van der Waals surface area contributed by atoms with Crippen LogP contribution in [0, 0.1) is 0 Å². The highest BCUT2D eigenvalue weighted by atomic mass is 16.1. The molecule has 0 saturated carbocycles. The van der Waals surface area contributed by atoms with E-state index < -0.39 is 0 Å². The number of carbonyl (C=O) groups excluding carboxylic acids is 1. The minimum absolute atomic E-state index is 0.560. The zero-order chi connectivity index (χ0) is 7.40. The van der Waals surface area contributed by atoms with Crippen molar-refractivity contribution in [3.63, 3.8) is 0 Å². The van der Waals surface area contributed by atoms with E-state index in [4.69, 9.17) is 0 Å². The van der Waals surface area contributed by atoms with Crippen molar-refractivity contribution in [1.82, 2.24) is 9.55 Å². The summed E-state index contributed by atoms with van der Waals surface area (Å²) in [5.41, 5.74) is 0. The Morgan fingerprint density at radius 2 is 2.60 bits per heavy atom. The number of aldehydes is 1. The van der Waals surface area contributed by atoms with E-state index in [-0.39, 0.29) is 0 Å². The van der Waals surface area contributed by atoms with Crippen LogP contribution in [0.25, 0.3) is 0 Å². The summed E-state index contributed by atoms with van der Waals surface area (Å²) in [6, 6.07) is 0. The smallest absolute Gasteiger partial charge is 0.120 e. The van der Waals surface area contributed by atoms with Crippen molar-refractivity contribution in [1.29, 1.82) is 0 Å². The third kappa shape index (κ3) is 1.43. The molecule has 0 radical (unpaired) electrons. The Bertz CT molecular complexity index is 217. The minimum atomic E-state index is 0.560. The molecule has 0 unspecified atom stereocenters. The highest BCUT2D eigenvalue weighted by Gasteiger charge is 1.95. The lowest BCUT2D eigenvalue weighted by Gasteiger charge is -1.95. The van der Waals surface area contributed by atoms with Gasteiger partial charge in [-0.25, -0.2) is 4.98 Å². The molecule has 0 bridgehead atoms. The predicted octanol–water partition coefficient (Wildman–Crippen LogP) is 0.552. The van der Waals surface area contributed by atoms with Crippen molar-refractivity contribution in [3.8, 4) is 0 Å². The number of rotatable bonds is 3. The molecule has 54 valence electrons. The average molecular weight is 138 g/mol. The number of aromatic nitrogens is 2. The Hall–Kier alpha value is -1.12. The first kappa shape index (κ1) is 6.99. The van der Waals surface area contributed by atoms with Crippen molar-refractivity contribution in [3.05, 3.63) is 18.2 Å². The van der Waals surface area contributed by atoms with Crippen molar-refractivity contribution in [2.24, 2.45) is 7.05 Å². The van der Waals surface area contributed by atoms with Gasteiger partial charge in [0.25, 0.3) is 0 Å². The van der Waals surface area contributed by atoms with Crippen LogP contribution in [0.2, 0.25) is 0 Å². The van der Waals surface area contributed by atoms with Crippen LogP contribution in [-0.2, 0) is 18.3 Å². The number of imidazole rings is 1. The summed E-state index contributed by atoms with van der Waals surface area (Å²) in [4.78, 5) is 14.0. The summed E-state index contributed by atoms with van der Waals surface area (Å²) in [5.74, 6) is 0.965.